The number of carbonyl (C=O) groups excluding carboxylic acids is 2. The van der Waals surface area contributed by atoms with E-state index < -0.39 is 5.41 Å². The van der Waals surface area contributed by atoms with Gasteiger partial charge in [-0.3, -0.25) is 9.59 Å². The predicted molar refractivity (Wildman–Crippen MR) is 136 cm³/mol. The SMILES string of the molecule is CC/C=C\C/C=C\C/C=C\C/C=C\C/C=C\CCCC(=O)N1CC[C@H](C(C)(C)C(N)=O)C1. The molecule has 1 aliphatic heterocycles. The third-order valence-electron chi connectivity index (χ3n) is 6.12. The van der Waals surface area contributed by atoms with E-state index in [0.717, 1.165) is 57.9 Å². The molecule has 0 aromatic rings. The summed E-state index contributed by atoms with van der Waals surface area (Å²) in [6.45, 7) is 7.31. The summed E-state index contributed by atoms with van der Waals surface area (Å²) >= 11 is 0. The lowest BCUT2D eigenvalue weighted by atomic mass is 9.78. The molecule has 0 aromatic heterocycles. The monoisotopic (exact) mass is 440 g/mol. The summed E-state index contributed by atoms with van der Waals surface area (Å²) in [5.74, 6) is 0.0743. The Morgan fingerprint density at radius 2 is 1.38 bits per heavy atom. The third-order valence-corrected chi connectivity index (χ3v) is 6.12. The average molecular weight is 441 g/mol. The van der Waals surface area contributed by atoms with Crippen LogP contribution in [-0.2, 0) is 9.59 Å². The number of hydrogen-bond donors (Lipinski definition) is 1. The quantitative estimate of drug-likeness (QED) is 0.241. The number of amides is 2. The molecule has 0 bridgehead atoms. The molecule has 1 fully saturated rings. The van der Waals surface area contributed by atoms with Crippen molar-refractivity contribution >= 4 is 11.8 Å². The van der Waals surface area contributed by atoms with Gasteiger partial charge in [-0.05, 0) is 57.3 Å². The van der Waals surface area contributed by atoms with E-state index in [1.165, 1.54) is 0 Å². The summed E-state index contributed by atoms with van der Waals surface area (Å²) in [6.07, 6.45) is 30.1. The number of hydrogen-bond acceptors (Lipinski definition) is 2. The van der Waals surface area contributed by atoms with Crippen molar-refractivity contribution in [1.29, 1.82) is 0 Å². The Hall–Kier alpha value is -2.36. The molecule has 1 heterocycles. The van der Waals surface area contributed by atoms with Crippen LogP contribution >= 0.6 is 0 Å². The van der Waals surface area contributed by atoms with Gasteiger partial charge in [-0.2, -0.15) is 0 Å². The van der Waals surface area contributed by atoms with Crippen LogP contribution in [0.25, 0.3) is 0 Å². The maximum absolute atomic E-state index is 12.4. The van der Waals surface area contributed by atoms with Crippen LogP contribution in [0.2, 0.25) is 0 Å². The van der Waals surface area contributed by atoms with Crippen molar-refractivity contribution in [3.63, 3.8) is 0 Å². The number of allylic oxidation sites excluding steroid dienone is 10. The first-order valence-electron chi connectivity index (χ1n) is 12.2. The molecule has 0 radical (unpaired) electrons. The summed E-state index contributed by atoms with van der Waals surface area (Å²) in [5.41, 5.74) is 4.96. The van der Waals surface area contributed by atoms with Crippen LogP contribution in [0.4, 0.5) is 0 Å². The molecule has 2 amide bonds. The lowest BCUT2D eigenvalue weighted by Gasteiger charge is -2.28. The standard InChI is InChI=1S/C28H44N2O2/c1-4-5-6-7-8-9-10-11-12-13-14-15-16-17-18-19-20-21-26(31)30-23-22-25(24-30)28(2,3)27(29)32/h5-6,8-9,11-12,14-15,17-18,25H,4,7,10,13,16,19-24H2,1-3H3,(H2,29,32)/b6-5-,9-8-,12-11-,15-14-,18-17-/t25-/m0/s1. The Morgan fingerprint density at radius 1 is 0.875 bits per heavy atom. The van der Waals surface area contributed by atoms with E-state index in [1.807, 2.05) is 18.7 Å². The van der Waals surface area contributed by atoms with E-state index in [2.05, 4.69) is 67.7 Å². The normalized spacial score (nSPS) is 17.8. The van der Waals surface area contributed by atoms with E-state index in [1.54, 1.807) is 0 Å². The largest absolute Gasteiger partial charge is 0.369 e. The zero-order valence-electron chi connectivity index (χ0n) is 20.5. The van der Waals surface area contributed by atoms with Gasteiger partial charge in [0.25, 0.3) is 0 Å². The first kappa shape index (κ1) is 27.7. The molecule has 0 aromatic carbocycles. The molecule has 32 heavy (non-hydrogen) atoms. The minimum absolute atomic E-state index is 0.162. The molecular formula is C28H44N2O2. The summed E-state index contributed by atoms with van der Waals surface area (Å²) in [4.78, 5) is 25.9. The fraction of sp³-hybridized carbons (Fsp3) is 0.571. The molecule has 178 valence electrons. The van der Waals surface area contributed by atoms with Crippen LogP contribution in [0.5, 0.6) is 0 Å². The first-order valence-corrected chi connectivity index (χ1v) is 12.2. The number of likely N-dealkylation sites (tertiary alicyclic amines) is 1. The van der Waals surface area contributed by atoms with Crippen LogP contribution in [-0.4, -0.2) is 29.8 Å². The molecule has 0 spiro atoms. The van der Waals surface area contributed by atoms with Crippen LogP contribution in [0, 0.1) is 11.3 Å². The van der Waals surface area contributed by atoms with Crippen molar-refractivity contribution in [2.24, 2.45) is 17.1 Å². The van der Waals surface area contributed by atoms with Gasteiger partial charge in [0.15, 0.2) is 0 Å². The van der Waals surface area contributed by atoms with Crippen molar-refractivity contribution in [1.82, 2.24) is 4.90 Å². The smallest absolute Gasteiger partial charge is 0.223 e. The van der Waals surface area contributed by atoms with Crippen LogP contribution in [0.3, 0.4) is 0 Å². The Labute approximate surface area is 196 Å². The number of carbonyl (C=O) groups is 2. The first-order chi connectivity index (χ1) is 15.4. The van der Waals surface area contributed by atoms with Crippen molar-refractivity contribution in [3.8, 4) is 0 Å². The highest BCUT2D eigenvalue weighted by molar-refractivity contribution is 5.81. The highest BCUT2D eigenvalue weighted by Gasteiger charge is 2.40. The van der Waals surface area contributed by atoms with Gasteiger partial charge in [0.2, 0.25) is 11.8 Å². The van der Waals surface area contributed by atoms with Gasteiger partial charge in [0, 0.05) is 24.9 Å². The Bertz CT molecular complexity index is 698. The highest BCUT2D eigenvalue weighted by atomic mass is 16.2. The van der Waals surface area contributed by atoms with E-state index in [0.29, 0.717) is 13.0 Å². The highest BCUT2D eigenvalue weighted by Crippen LogP contribution is 2.34. The average Bonchev–Trinajstić information content (AvgIpc) is 3.27. The fourth-order valence-electron chi connectivity index (χ4n) is 3.67. The second-order valence-electron chi connectivity index (χ2n) is 9.01. The zero-order chi connectivity index (χ0) is 23.7. The maximum Gasteiger partial charge on any atom is 0.223 e. The minimum Gasteiger partial charge on any atom is -0.369 e. The van der Waals surface area contributed by atoms with E-state index in [4.69, 9.17) is 5.73 Å². The van der Waals surface area contributed by atoms with Crippen molar-refractivity contribution < 1.29 is 9.59 Å². The lowest BCUT2D eigenvalue weighted by Crippen LogP contribution is -2.40. The minimum atomic E-state index is -0.552. The van der Waals surface area contributed by atoms with Crippen LogP contribution in [0.15, 0.2) is 60.8 Å². The molecule has 4 heteroatoms. The summed E-state index contributed by atoms with van der Waals surface area (Å²) in [5, 5.41) is 0. The van der Waals surface area contributed by atoms with E-state index in [9.17, 15) is 9.59 Å². The number of rotatable bonds is 15. The number of nitrogens with zero attached hydrogens (tertiary/aromatic N) is 1. The number of primary amides is 1. The van der Waals surface area contributed by atoms with Crippen molar-refractivity contribution in [3.05, 3.63) is 60.8 Å². The van der Waals surface area contributed by atoms with Crippen molar-refractivity contribution in [2.45, 2.75) is 78.6 Å². The lowest BCUT2D eigenvalue weighted by molar-refractivity contribution is -0.132. The molecule has 0 aliphatic carbocycles. The molecule has 0 saturated carbocycles. The molecular weight excluding hydrogens is 396 g/mol. The summed E-state index contributed by atoms with van der Waals surface area (Å²) in [6, 6.07) is 0. The third kappa shape index (κ3) is 11.3. The van der Waals surface area contributed by atoms with Gasteiger partial charge >= 0.3 is 0 Å². The molecule has 4 nitrogen and oxygen atoms in total. The fourth-order valence-corrected chi connectivity index (χ4v) is 3.67. The maximum atomic E-state index is 12.4. The molecule has 1 atom stereocenters. The second kappa shape index (κ2) is 16.3. The summed E-state index contributed by atoms with van der Waals surface area (Å²) in [7, 11) is 0. The molecule has 2 N–H and O–H groups in total. The molecule has 1 aliphatic rings. The predicted octanol–water partition coefficient (Wildman–Crippen LogP) is 6.27. The molecule has 1 saturated heterocycles. The van der Waals surface area contributed by atoms with Crippen LogP contribution < -0.4 is 5.73 Å². The van der Waals surface area contributed by atoms with E-state index in [-0.39, 0.29) is 17.7 Å². The number of nitrogens with two attached hydrogens (primary N) is 1. The van der Waals surface area contributed by atoms with Gasteiger partial charge in [0.1, 0.15) is 0 Å². The zero-order valence-corrected chi connectivity index (χ0v) is 20.5. The second-order valence-corrected chi connectivity index (χ2v) is 9.01. The summed E-state index contributed by atoms with van der Waals surface area (Å²) < 4.78 is 0. The molecule has 1 rings (SSSR count). The molecule has 0 unspecified atom stereocenters. The topological polar surface area (TPSA) is 63.4 Å². The Morgan fingerprint density at radius 3 is 1.88 bits per heavy atom. The van der Waals surface area contributed by atoms with Crippen molar-refractivity contribution in [2.75, 3.05) is 13.1 Å². The van der Waals surface area contributed by atoms with Gasteiger partial charge in [-0.1, -0.05) is 81.5 Å². The van der Waals surface area contributed by atoms with Gasteiger partial charge in [-0.25, -0.2) is 0 Å². The number of unbranched alkanes of at least 4 members (excludes halogenated alkanes) is 1. The van der Waals surface area contributed by atoms with Gasteiger partial charge in [0.05, 0.1) is 0 Å². The Kier molecular flexibility index (Phi) is 14.1. The Balaban J connectivity index is 2.08. The van der Waals surface area contributed by atoms with E-state index >= 15 is 0 Å². The van der Waals surface area contributed by atoms with Gasteiger partial charge in [-0.15, -0.1) is 0 Å². The van der Waals surface area contributed by atoms with Crippen LogP contribution in [0.1, 0.15) is 78.6 Å². The van der Waals surface area contributed by atoms with Gasteiger partial charge < -0.3 is 10.6 Å².